The molecule has 2 saturated heterocycles. The lowest BCUT2D eigenvalue weighted by Gasteiger charge is -2.45. The molecule has 0 radical (unpaired) electrons. The first kappa shape index (κ1) is 23.5. The van der Waals surface area contributed by atoms with Crippen LogP contribution < -0.4 is 20.4 Å². The van der Waals surface area contributed by atoms with Crippen LogP contribution in [0.2, 0.25) is 0 Å². The fourth-order valence-corrected chi connectivity index (χ4v) is 4.87. The first-order valence-corrected chi connectivity index (χ1v) is 12.3. The molecule has 2 aromatic rings. The number of amides is 2. The van der Waals surface area contributed by atoms with Gasteiger partial charge in [0, 0.05) is 51.0 Å². The molecule has 2 N–H and O–H groups in total. The maximum absolute atomic E-state index is 12.8. The summed E-state index contributed by atoms with van der Waals surface area (Å²) in [5.74, 6) is 1.81. The van der Waals surface area contributed by atoms with Crippen LogP contribution in [0, 0.1) is 5.92 Å². The van der Waals surface area contributed by atoms with Gasteiger partial charge in [-0.05, 0) is 43.0 Å². The van der Waals surface area contributed by atoms with E-state index in [-0.39, 0.29) is 24.4 Å². The van der Waals surface area contributed by atoms with Crippen molar-refractivity contribution in [1.82, 2.24) is 15.3 Å². The van der Waals surface area contributed by atoms with Crippen molar-refractivity contribution in [3.05, 3.63) is 30.5 Å². The lowest BCUT2D eigenvalue weighted by molar-refractivity contribution is -0.120. The van der Waals surface area contributed by atoms with E-state index in [1.165, 1.54) is 6.92 Å². The highest BCUT2D eigenvalue weighted by Crippen LogP contribution is 2.35. The van der Waals surface area contributed by atoms with Gasteiger partial charge in [0.05, 0.1) is 37.7 Å². The Morgan fingerprint density at radius 1 is 1.11 bits per heavy atom. The van der Waals surface area contributed by atoms with Gasteiger partial charge in [0.1, 0.15) is 0 Å². The Labute approximate surface area is 205 Å². The quantitative estimate of drug-likeness (QED) is 0.643. The fourth-order valence-electron chi connectivity index (χ4n) is 4.87. The highest BCUT2D eigenvalue weighted by molar-refractivity contribution is 5.89. The van der Waals surface area contributed by atoms with E-state index >= 15 is 0 Å². The largest absolute Gasteiger partial charge is 0.381 e. The maximum Gasteiger partial charge on any atom is 0.239 e. The number of nitrogens with one attached hydrogen (secondary N) is 2. The molecule has 1 aromatic carbocycles. The number of aromatic nitrogens is 2. The number of rotatable bonds is 6. The molecule has 10 heteroatoms. The van der Waals surface area contributed by atoms with Gasteiger partial charge < -0.3 is 29.9 Å². The summed E-state index contributed by atoms with van der Waals surface area (Å²) in [4.78, 5) is 38.0. The predicted octanol–water partition coefficient (Wildman–Crippen LogP) is 1.67. The first-order valence-electron chi connectivity index (χ1n) is 12.3. The molecule has 186 valence electrons. The van der Waals surface area contributed by atoms with Crippen LogP contribution in [0.3, 0.4) is 0 Å². The van der Waals surface area contributed by atoms with Crippen molar-refractivity contribution in [2.45, 2.75) is 25.8 Å². The number of ether oxygens (including phenoxy) is 2. The van der Waals surface area contributed by atoms with Crippen molar-refractivity contribution < 1.29 is 19.1 Å². The number of hydrogen-bond acceptors (Lipinski definition) is 8. The minimum atomic E-state index is -0.113. The Morgan fingerprint density at radius 2 is 1.91 bits per heavy atom. The molecular formula is C25H32N6O4. The average molecular weight is 481 g/mol. The average Bonchev–Trinajstić information content (AvgIpc) is 2.88. The van der Waals surface area contributed by atoms with Crippen LogP contribution in [0.1, 0.15) is 19.8 Å². The van der Waals surface area contributed by atoms with Gasteiger partial charge in [-0.25, -0.2) is 9.97 Å². The van der Waals surface area contributed by atoms with Crippen molar-refractivity contribution >= 4 is 29.0 Å². The summed E-state index contributed by atoms with van der Waals surface area (Å²) in [5.41, 5.74) is 2.45. The predicted molar refractivity (Wildman–Crippen MR) is 132 cm³/mol. The second kappa shape index (κ2) is 10.6. The van der Waals surface area contributed by atoms with Crippen LogP contribution in [0.25, 0.3) is 11.4 Å². The van der Waals surface area contributed by atoms with Crippen molar-refractivity contribution in [2.24, 2.45) is 5.92 Å². The molecular weight excluding hydrogens is 448 g/mol. The van der Waals surface area contributed by atoms with Crippen molar-refractivity contribution in [1.29, 1.82) is 0 Å². The zero-order valence-corrected chi connectivity index (χ0v) is 20.0. The van der Waals surface area contributed by atoms with Crippen molar-refractivity contribution in [2.75, 3.05) is 67.7 Å². The second-order valence-corrected chi connectivity index (χ2v) is 9.32. The number of carbonyl (C=O) groups is 2. The lowest BCUT2D eigenvalue weighted by Crippen LogP contribution is -2.57. The van der Waals surface area contributed by atoms with E-state index in [2.05, 4.69) is 25.4 Å². The summed E-state index contributed by atoms with van der Waals surface area (Å²) in [5, 5.41) is 5.88. The third-order valence-electron chi connectivity index (χ3n) is 6.75. The van der Waals surface area contributed by atoms with Gasteiger partial charge in [-0.1, -0.05) is 0 Å². The molecule has 1 atom stereocenters. The molecule has 1 aromatic heterocycles. The maximum atomic E-state index is 12.8. The fraction of sp³-hybridized carbons (Fsp3) is 0.520. The number of benzene rings is 1. The van der Waals surface area contributed by atoms with E-state index in [1.54, 1.807) is 0 Å². The molecule has 0 bridgehead atoms. The van der Waals surface area contributed by atoms with E-state index in [4.69, 9.17) is 14.5 Å². The number of carbonyl (C=O) groups excluding carboxylic acids is 2. The molecule has 10 nitrogen and oxygen atoms in total. The minimum absolute atomic E-state index is 0.00487. The molecule has 4 heterocycles. The molecule has 2 fully saturated rings. The summed E-state index contributed by atoms with van der Waals surface area (Å²) in [7, 11) is 0. The van der Waals surface area contributed by atoms with Crippen LogP contribution in [-0.4, -0.2) is 80.4 Å². The molecule has 0 unspecified atom stereocenters. The van der Waals surface area contributed by atoms with Crippen molar-refractivity contribution in [3.8, 4) is 11.4 Å². The van der Waals surface area contributed by atoms with Gasteiger partial charge >= 0.3 is 0 Å². The summed E-state index contributed by atoms with van der Waals surface area (Å²) in [6, 6.07) is 7.60. The Kier molecular flexibility index (Phi) is 7.10. The topological polar surface area (TPSA) is 109 Å². The summed E-state index contributed by atoms with van der Waals surface area (Å²) < 4.78 is 11.1. The number of anilines is 3. The molecule has 3 aliphatic heterocycles. The van der Waals surface area contributed by atoms with E-state index in [9.17, 15) is 9.59 Å². The van der Waals surface area contributed by atoms with Crippen LogP contribution in [-0.2, 0) is 19.1 Å². The SMILES string of the molecule is CC(=O)Nc1ccc(-c2ncc3c(n2)N2CCOC[C@H]2CN3CC(=O)NCC2CCOCC2)cc1. The zero-order valence-electron chi connectivity index (χ0n) is 20.0. The van der Waals surface area contributed by atoms with Gasteiger partial charge in [0.15, 0.2) is 11.6 Å². The van der Waals surface area contributed by atoms with Crippen LogP contribution in [0.15, 0.2) is 30.5 Å². The Bertz CT molecular complexity index is 1060. The molecule has 0 saturated carbocycles. The van der Waals surface area contributed by atoms with Gasteiger partial charge in [-0.2, -0.15) is 0 Å². The van der Waals surface area contributed by atoms with Crippen LogP contribution >= 0.6 is 0 Å². The standard InChI is InChI=1S/C25H32N6O4/c1-17(32)28-20-4-2-19(3-5-20)24-27-13-22-25(29-24)31-8-11-35-16-21(31)14-30(22)15-23(33)26-12-18-6-9-34-10-7-18/h2-5,13,18,21H,6-12,14-16H2,1H3,(H,26,33)(H,28,32)/t21-/m1/s1. The monoisotopic (exact) mass is 480 g/mol. The van der Waals surface area contributed by atoms with E-state index in [1.807, 2.05) is 30.5 Å². The van der Waals surface area contributed by atoms with E-state index in [0.29, 0.717) is 38.0 Å². The third kappa shape index (κ3) is 5.54. The Morgan fingerprint density at radius 3 is 2.69 bits per heavy atom. The number of hydrogen-bond donors (Lipinski definition) is 2. The molecule has 0 spiro atoms. The number of nitrogens with zero attached hydrogens (tertiary/aromatic N) is 4. The Hall–Kier alpha value is -3.24. The number of fused-ring (bicyclic) bond motifs is 3. The number of morpholine rings is 1. The first-order chi connectivity index (χ1) is 17.1. The van der Waals surface area contributed by atoms with E-state index < -0.39 is 0 Å². The molecule has 5 rings (SSSR count). The minimum Gasteiger partial charge on any atom is -0.381 e. The van der Waals surface area contributed by atoms with Crippen molar-refractivity contribution in [3.63, 3.8) is 0 Å². The Balaban J connectivity index is 1.34. The molecule has 2 amide bonds. The molecule has 3 aliphatic rings. The van der Waals surface area contributed by atoms with Gasteiger partial charge in [0.2, 0.25) is 11.8 Å². The summed E-state index contributed by atoms with van der Waals surface area (Å²) in [6.45, 7) is 6.65. The van der Waals surface area contributed by atoms with Gasteiger partial charge in [0.25, 0.3) is 0 Å². The second-order valence-electron chi connectivity index (χ2n) is 9.32. The van der Waals surface area contributed by atoms with E-state index in [0.717, 1.165) is 55.4 Å². The highest BCUT2D eigenvalue weighted by Gasteiger charge is 2.35. The van der Waals surface area contributed by atoms with Crippen LogP contribution in [0.4, 0.5) is 17.2 Å². The van der Waals surface area contributed by atoms with Gasteiger partial charge in [-0.15, -0.1) is 0 Å². The highest BCUT2D eigenvalue weighted by atomic mass is 16.5. The summed E-state index contributed by atoms with van der Waals surface area (Å²) in [6.07, 6.45) is 3.80. The molecule has 35 heavy (non-hydrogen) atoms. The van der Waals surface area contributed by atoms with Gasteiger partial charge in [-0.3, -0.25) is 9.59 Å². The van der Waals surface area contributed by atoms with Crippen LogP contribution in [0.5, 0.6) is 0 Å². The molecule has 0 aliphatic carbocycles. The lowest BCUT2D eigenvalue weighted by atomic mass is 10.0. The summed E-state index contributed by atoms with van der Waals surface area (Å²) >= 11 is 0. The smallest absolute Gasteiger partial charge is 0.239 e. The third-order valence-corrected chi connectivity index (χ3v) is 6.75. The normalized spacial score (nSPS) is 20.1. The zero-order chi connectivity index (χ0) is 24.2.